The Morgan fingerprint density at radius 2 is 0.926 bits per heavy atom. The van der Waals surface area contributed by atoms with Crippen molar-refractivity contribution >= 4 is 11.9 Å². The molecule has 15 heteroatoms. The first-order valence-corrected chi connectivity index (χ1v) is 25.9. The summed E-state index contributed by atoms with van der Waals surface area (Å²) in [4.78, 5) is 25.8. The van der Waals surface area contributed by atoms with Crippen molar-refractivity contribution in [3.05, 3.63) is 60.8 Å². The highest BCUT2D eigenvalue weighted by molar-refractivity contribution is 5.70. The summed E-state index contributed by atoms with van der Waals surface area (Å²) in [6.45, 7) is 2.41. The number of unbranched alkanes of at least 4 members (excludes halogenated alkanes) is 15. The Hall–Kier alpha value is -2.80. The standard InChI is InChI=1S/C53H90O15/c1-3-5-7-9-11-13-15-17-19-20-22-24-26-28-30-32-34-36-45(56)66-41(38-63-44(55)35-33-31-29-27-25-23-21-18-16-14-12-10-8-6-4-2)39-64-52-51(62)49(60)47(58)43(68-52)40-65-53-50(61)48(59)46(57)42(37-54)67-53/h6,8,12,14,17-19,21,25,27,41-43,46-54,57-62H,3-5,7,9-11,13,15-16,20,22-24,26,28-40H2,1-2H3/b8-6+,14-12+,19-17+,21-18+,27-25+/t41-,42+,43+,46-,47-,48?,49?,50?,51?,52+,53+/m1/s1. The molecule has 2 fully saturated rings. The largest absolute Gasteiger partial charge is 0.462 e. The predicted octanol–water partition coefficient (Wildman–Crippen LogP) is 7.27. The molecule has 2 aliphatic heterocycles. The molecule has 0 amide bonds. The molecule has 0 bridgehead atoms. The maximum atomic E-state index is 13.0. The Morgan fingerprint density at radius 1 is 0.485 bits per heavy atom. The van der Waals surface area contributed by atoms with Gasteiger partial charge in [0.25, 0.3) is 0 Å². The smallest absolute Gasteiger partial charge is 0.306 e. The van der Waals surface area contributed by atoms with Gasteiger partial charge in [-0.1, -0.05) is 139 Å². The zero-order valence-corrected chi connectivity index (χ0v) is 41.3. The van der Waals surface area contributed by atoms with E-state index in [9.17, 15) is 45.3 Å². The fraction of sp³-hybridized carbons (Fsp3) is 0.774. The third-order valence-electron chi connectivity index (χ3n) is 12.0. The number of esters is 2. The molecule has 0 saturated carbocycles. The Balaban J connectivity index is 1.83. The van der Waals surface area contributed by atoms with Gasteiger partial charge in [-0.15, -0.1) is 0 Å². The van der Waals surface area contributed by atoms with Crippen LogP contribution in [0, 0.1) is 0 Å². The Morgan fingerprint density at radius 3 is 1.50 bits per heavy atom. The number of aliphatic hydroxyl groups excluding tert-OH is 7. The monoisotopic (exact) mass is 967 g/mol. The molecule has 2 heterocycles. The second kappa shape index (κ2) is 39.9. The van der Waals surface area contributed by atoms with Crippen molar-refractivity contribution < 1.29 is 73.8 Å². The van der Waals surface area contributed by atoms with Gasteiger partial charge in [-0.05, 0) is 77.0 Å². The van der Waals surface area contributed by atoms with Gasteiger partial charge in [0, 0.05) is 12.8 Å². The summed E-state index contributed by atoms with van der Waals surface area (Å²) < 4.78 is 33.5. The van der Waals surface area contributed by atoms with E-state index < -0.39 is 99.3 Å². The molecule has 2 aliphatic rings. The summed E-state index contributed by atoms with van der Waals surface area (Å²) >= 11 is 0. The molecule has 2 rings (SSSR count). The van der Waals surface area contributed by atoms with Crippen LogP contribution in [0.3, 0.4) is 0 Å². The molecule has 15 nitrogen and oxygen atoms in total. The van der Waals surface area contributed by atoms with E-state index in [1.807, 2.05) is 0 Å². The molecule has 0 aromatic rings. The number of allylic oxidation sites excluding steroid dienone is 10. The van der Waals surface area contributed by atoms with Gasteiger partial charge in [0.15, 0.2) is 18.7 Å². The lowest BCUT2D eigenvalue weighted by atomic mass is 9.98. The van der Waals surface area contributed by atoms with Gasteiger partial charge in [0.1, 0.15) is 55.4 Å². The molecule has 0 spiro atoms. The average molecular weight is 967 g/mol. The van der Waals surface area contributed by atoms with E-state index in [4.69, 9.17) is 28.4 Å². The number of aliphatic hydroxyl groups is 7. The van der Waals surface area contributed by atoms with E-state index >= 15 is 0 Å². The van der Waals surface area contributed by atoms with Crippen molar-refractivity contribution in [2.75, 3.05) is 26.4 Å². The predicted molar refractivity (Wildman–Crippen MR) is 261 cm³/mol. The minimum absolute atomic E-state index is 0.149. The highest BCUT2D eigenvalue weighted by Crippen LogP contribution is 2.26. The Bertz CT molecular complexity index is 1420. The van der Waals surface area contributed by atoms with Crippen LogP contribution in [0.25, 0.3) is 0 Å². The van der Waals surface area contributed by atoms with Crippen molar-refractivity contribution in [3.8, 4) is 0 Å². The second-order valence-corrected chi connectivity index (χ2v) is 18.0. The van der Waals surface area contributed by atoms with Crippen LogP contribution in [0.1, 0.15) is 168 Å². The molecular weight excluding hydrogens is 877 g/mol. The first kappa shape index (κ1) is 61.3. The average Bonchev–Trinajstić information content (AvgIpc) is 3.33. The van der Waals surface area contributed by atoms with Gasteiger partial charge in [-0.2, -0.15) is 0 Å². The quantitative estimate of drug-likeness (QED) is 0.0183. The van der Waals surface area contributed by atoms with E-state index in [2.05, 4.69) is 74.6 Å². The van der Waals surface area contributed by atoms with Crippen LogP contribution in [0.15, 0.2) is 60.8 Å². The highest BCUT2D eigenvalue weighted by Gasteiger charge is 2.47. The van der Waals surface area contributed by atoms with Crippen LogP contribution in [0.5, 0.6) is 0 Å². The third kappa shape index (κ3) is 27.6. The molecule has 0 radical (unpaired) electrons. The van der Waals surface area contributed by atoms with Crippen molar-refractivity contribution in [2.45, 2.75) is 235 Å². The fourth-order valence-corrected chi connectivity index (χ4v) is 7.73. The summed E-state index contributed by atoms with van der Waals surface area (Å²) in [5.74, 6) is -0.981. The molecule has 392 valence electrons. The van der Waals surface area contributed by atoms with Crippen LogP contribution >= 0.6 is 0 Å². The fourth-order valence-electron chi connectivity index (χ4n) is 7.73. The zero-order chi connectivity index (χ0) is 49.6. The van der Waals surface area contributed by atoms with E-state index in [1.165, 1.54) is 57.8 Å². The normalized spacial score (nSPS) is 26.2. The molecular formula is C53H90O15. The number of hydrogen-bond acceptors (Lipinski definition) is 15. The maximum Gasteiger partial charge on any atom is 0.306 e. The molecule has 2 saturated heterocycles. The minimum Gasteiger partial charge on any atom is -0.462 e. The Labute approximate surface area is 407 Å². The van der Waals surface area contributed by atoms with Gasteiger partial charge >= 0.3 is 11.9 Å². The molecule has 0 aliphatic carbocycles. The zero-order valence-electron chi connectivity index (χ0n) is 41.3. The van der Waals surface area contributed by atoms with E-state index in [0.717, 1.165) is 70.6 Å². The van der Waals surface area contributed by atoms with Gasteiger partial charge in [0.05, 0.1) is 19.8 Å². The van der Waals surface area contributed by atoms with Crippen molar-refractivity contribution in [2.24, 2.45) is 0 Å². The number of hydrogen-bond donors (Lipinski definition) is 7. The summed E-state index contributed by atoms with van der Waals surface area (Å²) in [5, 5.41) is 72.1. The van der Waals surface area contributed by atoms with Gasteiger partial charge in [-0.3, -0.25) is 9.59 Å². The first-order valence-electron chi connectivity index (χ1n) is 25.9. The number of carbonyl (C=O) groups is 2. The first-order chi connectivity index (χ1) is 33.0. The van der Waals surface area contributed by atoms with Crippen LogP contribution in [0.4, 0.5) is 0 Å². The van der Waals surface area contributed by atoms with Crippen LogP contribution in [-0.2, 0) is 38.0 Å². The molecule has 11 atom stereocenters. The number of carbonyl (C=O) groups excluding carboxylic acids is 2. The third-order valence-corrected chi connectivity index (χ3v) is 12.0. The number of ether oxygens (including phenoxy) is 6. The summed E-state index contributed by atoms with van der Waals surface area (Å²) in [6.07, 6.45) is 28.2. The number of rotatable bonds is 39. The van der Waals surface area contributed by atoms with Crippen molar-refractivity contribution in [1.29, 1.82) is 0 Å². The minimum atomic E-state index is -1.77. The van der Waals surface area contributed by atoms with Gasteiger partial charge in [0.2, 0.25) is 0 Å². The Kier molecular flexibility index (Phi) is 36.0. The van der Waals surface area contributed by atoms with E-state index in [-0.39, 0.29) is 19.4 Å². The summed E-state index contributed by atoms with van der Waals surface area (Å²) in [6, 6.07) is 0. The molecule has 0 aromatic heterocycles. The SMILES string of the molecule is CC/C=C/C/C=C/C/C=C/C/C=C/CCCCC(=O)OC[C@H](CO[C@H]1O[C@@H](CO[C@H]2O[C@@H](CO)[C@@H](O)C(O)C2O)[C@@H](O)C(O)C1O)OC(=O)CCCCCCCCC/C=C/CCCCCCCC. The lowest BCUT2D eigenvalue weighted by molar-refractivity contribution is -0.332. The van der Waals surface area contributed by atoms with Gasteiger partial charge in [-0.25, -0.2) is 0 Å². The topological polar surface area (TPSA) is 231 Å². The summed E-state index contributed by atoms with van der Waals surface area (Å²) in [7, 11) is 0. The lowest BCUT2D eigenvalue weighted by Gasteiger charge is -2.42. The summed E-state index contributed by atoms with van der Waals surface area (Å²) in [5.41, 5.74) is 0. The molecule has 0 aromatic carbocycles. The lowest BCUT2D eigenvalue weighted by Crippen LogP contribution is -2.61. The van der Waals surface area contributed by atoms with E-state index in [1.54, 1.807) is 0 Å². The maximum absolute atomic E-state index is 13.0. The van der Waals surface area contributed by atoms with Crippen molar-refractivity contribution in [3.63, 3.8) is 0 Å². The van der Waals surface area contributed by atoms with Crippen LogP contribution in [0.2, 0.25) is 0 Å². The molecule has 7 N–H and O–H groups in total. The van der Waals surface area contributed by atoms with Crippen LogP contribution < -0.4 is 0 Å². The van der Waals surface area contributed by atoms with Crippen molar-refractivity contribution in [1.82, 2.24) is 0 Å². The highest BCUT2D eigenvalue weighted by atomic mass is 16.7. The second-order valence-electron chi connectivity index (χ2n) is 18.0. The van der Waals surface area contributed by atoms with Gasteiger partial charge < -0.3 is 64.2 Å². The van der Waals surface area contributed by atoms with Crippen LogP contribution in [-0.4, -0.2) is 142 Å². The molecule has 4 unspecified atom stereocenters. The van der Waals surface area contributed by atoms with E-state index in [0.29, 0.717) is 12.8 Å². The molecule has 68 heavy (non-hydrogen) atoms.